The first-order valence-electron chi connectivity index (χ1n) is 8.62. The van der Waals surface area contributed by atoms with Crippen LogP contribution in [-0.2, 0) is 11.8 Å². The highest BCUT2D eigenvalue weighted by atomic mass is 35.5. The molecule has 2 aromatic rings. The van der Waals surface area contributed by atoms with Crippen LogP contribution in [0.25, 0.3) is 0 Å². The van der Waals surface area contributed by atoms with Crippen molar-refractivity contribution >= 4 is 11.6 Å². The molecule has 0 spiro atoms. The van der Waals surface area contributed by atoms with Gasteiger partial charge in [0.15, 0.2) is 0 Å². The van der Waals surface area contributed by atoms with Gasteiger partial charge in [-0.15, -0.1) is 0 Å². The minimum absolute atomic E-state index is 0.410. The van der Waals surface area contributed by atoms with Crippen molar-refractivity contribution in [2.24, 2.45) is 11.8 Å². The number of fused-ring (bicyclic) bond motifs is 1. The number of nitrogens with zero attached hydrogens (tertiary/aromatic N) is 1. The van der Waals surface area contributed by atoms with E-state index in [0.29, 0.717) is 5.41 Å². The lowest BCUT2D eigenvalue weighted by atomic mass is 9.91. The monoisotopic (exact) mass is 325 g/mol. The third-order valence-corrected chi connectivity index (χ3v) is 6.49. The number of halogens is 1. The van der Waals surface area contributed by atoms with Crippen LogP contribution in [0.15, 0.2) is 48.5 Å². The van der Waals surface area contributed by atoms with E-state index in [4.69, 9.17) is 11.6 Å². The highest BCUT2D eigenvalue weighted by Crippen LogP contribution is 2.63. The van der Waals surface area contributed by atoms with Crippen molar-refractivity contribution in [2.45, 2.75) is 25.7 Å². The standard InChI is InChI=1S/C21H24ClN/c1-15-6-5-8-17(12-15)21(2)18-13-23(14-19(18)21)11-10-16-7-3-4-9-20(16)22/h3-9,12,18-19H,10-11,13-14H2,1-2H3. The van der Waals surface area contributed by atoms with Gasteiger partial charge in [-0.2, -0.15) is 0 Å². The zero-order valence-corrected chi connectivity index (χ0v) is 14.7. The van der Waals surface area contributed by atoms with E-state index in [0.717, 1.165) is 29.8 Å². The second-order valence-electron chi connectivity index (χ2n) is 7.47. The third kappa shape index (κ3) is 2.60. The zero-order chi connectivity index (χ0) is 16.0. The van der Waals surface area contributed by atoms with Crippen LogP contribution in [0.2, 0.25) is 5.02 Å². The molecule has 0 N–H and O–H groups in total. The van der Waals surface area contributed by atoms with Gasteiger partial charge in [-0.05, 0) is 42.4 Å². The number of hydrogen-bond donors (Lipinski definition) is 0. The maximum absolute atomic E-state index is 6.27. The zero-order valence-electron chi connectivity index (χ0n) is 13.9. The Kier molecular flexibility index (Phi) is 3.74. The van der Waals surface area contributed by atoms with Crippen molar-refractivity contribution in [3.05, 3.63) is 70.2 Å². The molecule has 1 nitrogen and oxygen atoms in total. The smallest absolute Gasteiger partial charge is 0.0438 e. The number of rotatable bonds is 4. The second kappa shape index (κ2) is 5.65. The maximum Gasteiger partial charge on any atom is 0.0438 e. The largest absolute Gasteiger partial charge is 0.302 e. The molecule has 120 valence electrons. The summed E-state index contributed by atoms with van der Waals surface area (Å²) in [6.45, 7) is 8.25. The van der Waals surface area contributed by atoms with Gasteiger partial charge in [-0.1, -0.05) is 66.6 Å². The Balaban J connectivity index is 1.37. The molecule has 23 heavy (non-hydrogen) atoms. The van der Waals surface area contributed by atoms with Crippen LogP contribution < -0.4 is 0 Å². The summed E-state index contributed by atoms with van der Waals surface area (Å²) < 4.78 is 0. The molecule has 0 bridgehead atoms. The van der Waals surface area contributed by atoms with Crippen molar-refractivity contribution in [1.29, 1.82) is 0 Å². The molecule has 2 atom stereocenters. The van der Waals surface area contributed by atoms with Crippen molar-refractivity contribution in [1.82, 2.24) is 4.90 Å². The van der Waals surface area contributed by atoms with Crippen molar-refractivity contribution in [3.8, 4) is 0 Å². The van der Waals surface area contributed by atoms with Gasteiger partial charge in [0.1, 0.15) is 0 Å². The minimum Gasteiger partial charge on any atom is -0.302 e. The van der Waals surface area contributed by atoms with E-state index in [9.17, 15) is 0 Å². The van der Waals surface area contributed by atoms with Gasteiger partial charge < -0.3 is 4.90 Å². The Morgan fingerprint density at radius 2 is 1.83 bits per heavy atom. The lowest BCUT2D eigenvalue weighted by molar-refractivity contribution is 0.281. The third-order valence-electron chi connectivity index (χ3n) is 6.12. The van der Waals surface area contributed by atoms with Crippen LogP contribution in [0.1, 0.15) is 23.6 Å². The van der Waals surface area contributed by atoms with Crippen molar-refractivity contribution in [2.75, 3.05) is 19.6 Å². The van der Waals surface area contributed by atoms with E-state index in [-0.39, 0.29) is 0 Å². The van der Waals surface area contributed by atoms with Crippen LogP contribution in [0.3, 0.4) is 0 Å². The summed E-state index contributed by atoms with van der Waals surface area (Å²) >= 11 is 6.27. The topological polar surface area (TPSA) is 3.24 Å². The summed E-state index contributed by atoms with van der Waals surface area (Å²) in [5, 5.41) is 0.904. The Hall–Kier alpha value is -1.31. The van der Waals surface area contributed by atoms with Gasteiger partial charge in [0.25, 0.3) is 0 Å². The normalized spacial score (nSPS) is 29.5. The fourth-order valence-electron chi connectivity index (χ4n) is 4.53. The molecule has 0 radical (unpaired) electrons. The van der Waals surface area contributed by atoms with Crippen LogP contribution in [0, 0.1) is 18.8 Å². The Morgan fingerprint density at radius 3 is 2.52 bits per heavy atom. The molecule has 2 heteroatoms. The van der Waals surface area contributed by atoms with Crippen molar-refractivity contribution < 1.29 is 0 Å². The fourth-order valence-corrected chi connectivity index (χ4v) is 4.76. The molecule has 2 fully saturated rings. The maximum atomic E-state index is 6.27. The number of benzene rings is 2. The van der Waals surface area contributed by atoms with Crippen LogP contribution in [0.5, 0.6) is 0 Å². The quantitative estimate of drug-likeness (QED) is 0.787. The van der Waals surface area contributed by atoms with E-state index in [1.807, 2.05) is 12.1 Å². The highest BCUT2D eigenvalue weighted by molar-refractivity contribution is 6.31. The molecule has 1 aliphatic heterocycles. The van der Waals surface area contributed by atoms with Gasteiger partial charge in [0.05, 0.1) is 0 Å². The van der Waals surface area contributed by atoms with Gasteiger partial charge in [0.2, 0.25) is 0 Å². The number of likely N-dealkylation sites (tertiary alicyclic amines) is 1. The predicted molar refractivity (Wildman–Crippen MR) is 97.1 cm³/mol. The summed E-state index contributed by atoms with van der Waals surface area (Å²) in [7, 11) is 0. The molecule has 0 amide bonds. The van der Waals surface area contributed by atoms with E-state index in [2.05, 4.69) is 55.1 Å². The summed E-state index contributed by atoms with van der Waals surface area (Å²) in [6.07, 6.45) is 1.06. The van der Waals surface area contributed by atoms with E-state index in [1.54, 1.807) is 5.56 Å². The van der Waals surface area contributed by atoms with Gasteiger partial charge in [0, 0.05) is 30.1 Å². The second-order valence-corrected chi connectivity index (χ2v) is 7.87. The lowest BCUT2D eigenvalue weighted by Gasteiger charge is -2.24. The molecular formula is C21H24ClN. The number of piperidine rings is 1. The molecule has 1 saturated carbocycles. The van der Waals surface area contributed by atoms with Gasteiger partial charge in [-0.3, -0.25) is 0 Å². The molecule has 2 aliphatic rings. The van der Waals surface area contributed by atoms with Crippen LogP contribution in [0.4, 0.5) is 0 Å². The van der Waals surface area contributed by atoms with Crippen molar-refractivity contribution in [3.63, 3.8) is 0 Å². The van der Waals surface area contributed by atoms with E-state index < -0.39 is 0 Å². The first-order valence-corrected chi connectivity index (χ1v) is 9.00. The summed E-state index contributed by atoms with van der Waals surface area (Å²) in [6, 6.07) is 17.3. The molecule has 1 heterocycles. The molecule has 0 aromatic heterocycles. The Morgan fingerprint density at radius 1 is 1.09 bits per heavy atom. The predicted octanol–water partition coefficient (Wildman–Crippen LogP) is 4.71. The first kappa shape index (κ1) is 15.2. The molecular weight excluding hydrogens is 302 g/mol. The lowest BCUT2D eigenvalue weighted by Crippen LogP contribution is -2.30. The molecule has 2 unspecified atom stereocenters. The van der Waals surface area contributed by atoms with Gasteiger partial charge >= 0.3 is 0 Å². The number of aryl methyl sites for hydroxylation is 1. The van der Waals surface area contributed by atoms with Crippen LogP contribution >= 0.6 is 11.6 Å². The van der Waals surface area contributed by atoms with Gasteiger partial charge in [-0.25, -0.2) is 0 Å². The summed E-state index contributed by atoms with van der Waals surface area (Å²) in [5.74, 6) is 1.66. The molecule has 1 saturated heterocycles. The molecule has 2 aromatic carbocycles. The number of hydrogen-bond acceptors (Lipinski definition) is 1. The van der Waals surface area contributed by atoms with Crippen LogP contribution in [-0.4, -0.2) is 24.5 Å². The minimum atomic E-state index is 0.410. The summed E-state index contributed by atoms with van der Waals surface area (Å²) in [5.41, 5.74) is 4.60. The van der Waals surface area contributed by atoms with E-state index in [1.165, 1.54) is 24.2 Å². The Labute approximate surface area is 144 Å². The molecule has 1 aliphatic carbocycles. The molecule has 4 rings (SSSR count). The fraction of sp³-hybridized carbons (Fsp3) is 0.429. The first-order chi connectivity index (χ1) is 11.1. The summed E-state index contributed by atoms with van der Waals surface area (Å²) in [4.78, 5) is 2.62. The van der Waals surface area contributed by atoms with E-state index >= 15 is 0 Å². The highest BCUT2D eigenvalue weighted by Gasteiger charge is 2.65. The SMILES string of the molecule is Cc1cccc(C2(C)C3CN(CCc4ccccc4Cl)CC32)c1. The average molecular weight is 326 g/mol. The Bertz CT molecular complexity index is 711. The average Bonchev–Trinajstić information content (AvgIpc) is 2.92.